The van der Waals surface area contributed by atoms with Gasteiger partial charge in [-0.2, -0.15) is 0 Å². The van der Waals surface area contributed by atoms with Gasteiger partial charge in [-0.05, 0) is 49.0 Å². The molecule has 182 valence electrons. The number of fused-ring (bicyclic) bond motifs is 1. The minimum atomic E-state index is -0.270. The van der Waals surface area contributed by atoms with Crippen LogP contribution in [0.1, 0.15) is 0 Å². The zero-order valence-electron chi connectivity index (χ0n) is 20.1. The zero-order valence-corrected chi connectivity index (χ0v) is 20.8. The van der Waals surface area contributed by atoms with E-state index in [2.05, 4.69) is 44.0 Å². The molecule has 0 saturated carbocycles. The number of hydrogen-bond donors (Lipinski definition) is 2. The van der Waals surface area contributed by atoms with E-state index in [1.165, 1.54) is 6.08 Å². The van der Waals surface area contributed by atoms with E-state index in [9.17, 15) is 4.79 Å². The van der Waals surface area contributed by atoms with Crippen LogP contribution in [-0.2, 0) is 4.79 Å². The summed E-state index contributed by atoms with van der Waals surface area (Å²) in [6.07, 6.45) is 6.51. The Hall–Kier alpha value is -4.01. The third kappa shape index (κ3) is 4.86. The second kappa shape index (κ2) is 9.93. The van der Waals surface area contributed by atoms with Gasteiger partial charge in [0.2, 0.25) is 11.9 Å². The minimum absolute atomic E-state index is 0.270. The molecule has 0 unspecified atom stereocenters. The monoisotopic (exact) mass is 499 g/mol. The molecule has 2 N–H and O–H groups in total. The summed E-state index contributed by atoms with van der Waals surface area (Å²) >= 11 is 6.21. The second-order valence-corrected chi connectivity index (χ2v) is 9.30. The molecule has 1 aliphatic rings. The molecule has 0 radical (unpaired) electrons. The average molecular weight is 500 g/mol. The minimum Gasteiger partial charge on any atom is -0.367 e. The second-order valence-electron chi connectivity index (χ2n) is 8.87. The van der Waals surface area contributed by atoms with Crippen molar-refractivity contribution in [3.8, 4) is 11.1 Å². The highest BCUT2D eigenvalue weighted by Gasteiger charge is 2.28. The molecule has 0 aliphatic carbocycles. The Morgan fingerprint density at radius 3 is 2.78 bits per heavy atom. The fourth-order valence-electron chi connectivity index (χ4n) is 4.32. The summed E-state index contributed by atoms with van der Waals surface area (Å²) in [6.45, 7) is 5.52. The van der Waals surface area contributed by atoms with Crippen molar-refractivity contribution in [3.05, 3.63) is 78.7 Å². The van der Waals surface area contributed by atoms with Crippen LogP contribution in [0.5, 0.6) is 0 Å². The quantitative estimate of drug-likeness (QED) is 0.347. The van der Waals surface area contributed by atoms with Crippen LogP contribution in [-0.4, -0.2) is 59.0 Å². The molecule has 4 aromatic rings. The molecular formula is C27H26ClN7O. The Morgan fingerprint density at radius 1 is 1.19 bits per heavy atom. The van der Waals surface area contributed by atoms with Gasteiger partial charge < -0.3 is 20.4 Å². The van der Waals surface area contributed by atoms with E-state index in [0.717, 1.165) is 46.5 Å². The van der Waals surface area contributed by atoms with Crippen molar-refractivity contribution in [2.45, 2.75) is 6.04 Å². The van der Waals surface area contributed by atoms with Crippen molar-refractivity contribution >= 4 is 51.4 Å². The fraction of sp³-hybridized carbons (Fsp3) is 0.185. The highest BCUT2D eigenvalue weighted by Crippen LogP contribution is 2.33. The third-order valence-electron chi connectivity index (χ3n) is 6.29. The van der Waals surface area contributed by atoms with Gasteiger partial charge in [0.05, 0.1) is 22.9 Å². The number of carbonyl (C=O) groups is 1. The van der Waals surface area contributed by atoms with Crippen molar-refractivity contribution in [1.29, 1.82) is 0 Å². The Morgan fingerprint density at radius 2 is 2.03 bits per heavy atom. The topological polar surface area (TPSA) is 86.3 Å². The number of likely N-dealkylation sites (tertiary alicyclic amines) is 1. The van der Waals surface area contributed by atoms with Gasteiger partial charge in [0.25, 0.3) is 0 Å². The number of anilines is 4. The van der Waals surface area contributed by atoms with Crippen LogP contribution >= 0.6 is 11.6 Å². The van der Waals surface area contributed by atoms with E-state index in [0.29, 0.717) is 22.7 Å². The number of halogens is 1. The molecule has 1 fully saturated rings. The number of nitrogens with one attached hydrogen (secondary N) is 2. The number of pyridine rings is 1. The van der Waals surface area contributed by atoms with Crippen molar-refractivity contribution in [2.75, 3.05) is 42.7 Å². The van der Waals surface area contributed by atoms with E-state index >= 15 is 0 Å². The number of amides is 1. The molecular weight excluding hydrogens is 474 g/mol. The van der Waals surface area contributed by atoms with Crippen LogP contribution < -0.4 is 15.5 Å². The third-order valence-corrected chi connectivity index (χ3v) is 6.53. The van der Waals surface area contributed by atoms with Crippen molar-refractivity contribution < 1.29 is 4.79 Å². The molecule has 9 heteroatoms. The molecule has 1 aliphatic heterocycles. The van der Waals surface area contributed by atoms with Gasteiger partial charge in [0, 0.05) is 60.4 Å². The van der Waals surface area contributed by atoms with Crippen molar-refractivity contribution in [2.24, 2.45) is 0 Å². The number of likely N-dealkylation sites (N-methyl/N-ethyl adjacent to an activating group) is 2. The summed E-state index contributed by atoms with van der Waals surface area (Å²) in [7, 11) is 4.14. The Bertz CT molecular complexity index is 1450. The highest BCUT2D eigenvalue weighted by atomic mass is 35.5. The molecule has 0 atom stereocenters. The molecule has 1 amide bonds. The summed E-state index contributed by atoms with van der Waals surface area (Å²) in [5.41, 5.74) is 4.91. The largest absolute Gasteiger partial charge is 0.367 e. The number of nitrogens with zero attached hydrogens (tertiary/aromatic N) is 5. The van der Waals surface area contributed by atoms with Gasteiger partial charge in [-0.25, -0.2) is 9.97 Å². The first-order valence-corrected chi connectivity index (χ1v) is 11.9. The summed E-state index contributed by atoms with van der Waals surface area (Å²) in [5, 5.41) is 7.67. The highest BCUT2D eigenvalue weighted by molar-refractivity contribution is 6.30. The lowest BCUT2D eigenvalue weighted by molar-refractivity contribution is -0.111. The maximum absolute atomic E-state index is 12.2. The van der Waals surface area contributed by atoms with E-state index in [1.54, 1.807) is 18.6 Å². The molecule has 2 aromatic carbocycles. The van der Waals surface area contributed by atoms with Crippen LogP contribution in [0.15, 0.2) is 73.7 Å². The Labute approximate surface area is 214 Å². The maximum Gasteiger partial charge on any atom is 0.247 e. The Kier molecular flexibility index (Phi) is 6.54. The van der Waals surface area contributed by atoms with Crippen LogP contribution in [0.25, 0.3) is 22.0 Å². The smallest absolute Gasteiger partial charge is 0.247 e. The van der Waals surface area contributed by atoms with Gasteiger partial charge in [-0.15, -0.1) is 0 Å². The zero-order chi connectivity index (χ0) is 25.2. The van der Waals surface area contributed by atoms with Crippen LogP contribution in [0.4, 0.5) is 23.0 Å². The number of aromatic nitrogens is 3. The lowest BCUT2D eigenvalue weighted by Crippen LogP contribution is -2.56. The van der Waals surface area contributed by atoms with Gasteiger partial charge in [0.1, 0.15) is 0 Å². The molecule has 0 bridgehead atoms. The molecule has 1 saturated heterocycles. The molecule has 3 heterocycles. The molecule has 5 rings (SSSR count). The van der Waals surface area contributed by atoms with Crippen molar-refractivity contribution in [3.63, 3.8) is 0 Å². The van der Waals surface area contributed by atoms with E-state index < -0.39 is 0 Å². The number of carbonyl (C=O) groups excluding carboxylic acids is 1. The maximum atomic E-state index is 12.2. The standard InChI is InChI=1S/C27H26ClN7O/c1-4-25(36)32-23-11-20(8-9-24(23)35(3)21-15-34(2)16-21)31-27-30-13-18-12-29-14-22(26(18)33-27)17-6-5-7-19(28)10-17/h4-14,21H,1,15-16H2,2-3H3,(H,32,36)(H,30,31,33). The van der Waals surface area contributed by atoms with Crippen LogP contribution in [0.2, 0.25) is 5.02 Å². The molecule has 8 nitrogen and oxygen atoms in total. The molecule has 36 heavy (non-hydrogen) atoms. The lowest BCUT2D eigenvalue weighted by atomic mass is 10.1. The number of hydrogen-bond acceptors (Lipinski definition) is 7. The SMILES string of the molecule is C=CC(=O)Nc1cc(Nc2ncc3cncc(-c4cccc(Cl)c4)c3n2)ccc1N(C)C1CN(C)C1. The first-order valence-electron chi connectivity index (χ1n) is 11.5. The van der Waals surface area contributed by atoms with E-state index in [4.69, 9.17) is 16.6 Å². The predicted octanol–water partition coefficient (Wildman–Crippen LogP) is 4.96. The summed E-state index contributed by atoms with van der Waals surface area (Å²) in [6, 6.07) is 13.8. The average Bonchev–Trinajstić information content (AvgIpc) is 2.86. The summed E-state index contributed by atoms with van der Waals surface area (Å²) in [4.78, 5) is 30.2. The van der Waals surface area contributed by atoms with Gasteiger partial charge in [-0.3, -0.25) is 9.78 Å². The van der Waals surface area contributed by atoms with Gasteiger partial charge in [0.15, 0.2) is 0 Å². The van der Waals surface area contributed by atoms with Gasteiger partial charge >= 0.3 is 0 Å². The lowest BCUT2D eigenvalue weighted by Gasteiger charge is -2.43. The first-order chi connectivity index (χ1) is 17.4. The number of rotatable bonds is 7. The van der Waals surface area contributed by atoms with E-state index in [1.807, 2.05) is 49.5 Å². The van der Waals surface area contributed by atoms with Crippen molar-refractivity contribution in [1.82, 2.24) is 19.9 Å². The fourth-order valence-corrected chi connectivity index (χ4v) is 4.51. The van der Waals surface area contributed by atoms with E-state index in [-0.39, 0.29) is 5.91 Å². The summed E-state index contributed by atoms with van der Waals surface area (Å²) < 4.78 is 0. The number of benzene rings is 2. The van der Waals surface area contributed by atoms with Crippen LogP contribution in [0.3, 0.4) is 0 Å². The predicted molar refractivity (Wildman–Crippen MR) is 146 cm³/mol. The normalized spacial score (nSPS) is 13.8. The molecule has 0 spiro atoms. The summed E-state index contributed by atoms with van der Waals surface area (Å²) in [5.74, 6) is 0.160. The first kappa shape index (κ1) is 23.7. The molecule has 2 aromatic heterocycles. The van der Waals surface area contributed by atoms with Gasteiger partial charge in [-0.1, -0.05) is 30.3 Å². The van der Waals surface area contributed by atoms with Crippen LogP contribution in [0, 0.1) is 0 Å². The Balaban J connectivity index is 1.48.